The van der Waals surface area contributed by atoms with Crippen molar-refractivity contribution < 1.29 is 9.53 Å². The number of imidazole rings is 1. The van der Waals surface area contributed by atoms with Crippen LogP contribution < -0.4 is 4.90 Å². The average molecular weight is 328 g/mol. The summed E-state index contributed by atoms with van der Waals surface area (Å²) in [4.78, 5) is 24.1. The molecular formula is C18H24N4O2. The van der Waals surface area contributed by atoms with Gasteiger partial charge in [0.25, 0.3) is 0 Å². The molecule has 0 bridgehead atoms. The van der Waals surface area contributed by atoms with Crippen LogP contribution in [0.1, 0.15) is 45.4 Å². The fourth-order valence-corrected chi connectivity index (χ4v) is 4.53. The Morgan fingerprint density at radius 3 is 3.08 bits per heavy atom. The minimum Gasteiger partial charge on any atom is -0.466 e. The lowest BCUT2D eigenvalue weighted by Crippen LogP contribution is -2.45. The Labute approximate surface area is 141 Å². The van der Waals surface area contributed by atoms with Crippen LogP contribution in [0, 0.1) is 5.41 Å². The SMILES string of the molecule is CCOC(=O)[C@@]12CCCCC[C@@H]1N(c1nccc3nccn13)CC2. The molecule has 128 valence electrons. The first-order valence-electron chi connectivity index (χ1n) is 8.98. The number of aromatic nitrogens is 3. The molecule has 1 saturated carbocycles. The normalized spacial score (nSPS) is 27.0. The summed E-state index contributed by atoms with van der Waals surface area (Å²) in [5.74, 6) is 0.875. The number of fused-ring (bicyclic) bond motifs is 2. The third-order valence-corrected chi connectivity index (χ3v) is 5.65. The van der Waals surface area contributed by atoms with Crippen molar-refractivity contribution in [1.82, 2.24) is 14.4 Å². The third-order valence-electron chi connectivity index (χ3n) is 5.65. The van der Waals surface area contributed by atoms with Gasteiger partial charge in [-0.2, -0.15) is 0 Å². The topological polar surface area (TPSA) is 59.7 Å². The molecule has 1 aliphatic heterocycles. The zero-order chi connectivity index (χ0) is 16.6. The number of anilines is 1. The third kappa shape index (κ3) is 2.27. The molecular weight excluding hydrogens is 304 g/mol. The van der Waals surface area contributed by atoms with Crippen molar-refractivity contribution in [2.75, 3.05) is 18.1 Å². The highest BCUT2D eigenvalue weighted by Gasteiger charge is 2.54. The van der Waals surface area contributed by atoms with Crippen LogP contribution in [0.15, 0.2) is 24.7 Å². The predicted octanol–water partition coefficient (Wildman–Crippen LogP) is 2.82. The van der Waals surface area contributed by atoms with E-state index in [0.717, 1.165) is 50.2 Å². The van der Waals surface area contributed by atoms with Crippen LogP contribution in [0.3, 0.4) is 0 Å². The van der Waals surface area contributed by atoms with Crippen LogP contribution in [-0.4, -0.2) is 39.5 Å². The minimum atomic E-state index is -0.378. The van der Waals surface area contributed by atoms with Gasteiger partial charge in [0.15, 0.2) is 0 Å². The Morgan fingerprint density at radius 2 is 2.21 bits per heavy atom. The number of rotatable bonds is 3. The first-order valence-corrected chi connectivity index (χ1v) is 8.98. The molecule has 0 amide bonds. The molecule has 1 aliphatic carbocycles. The Hall–Kier alpha value is -2.11. The van der Waals surface area contributed by atoms with Gasteiger partial charge in [0, 0.05) is 31.2 Å². The molecule has 2 aromatic rings. The second kappa shape index (κ2) is 6.07. The van der Waals surface area contributed by atoms with E-state index in [1.807, 2.05) is 23.6 Å². The molecule has 2 aliphatic rings. The van der Waals surface area contributed by atoms with Crippen molar-refractivity contribution in [3.63, 3.8) is 0 Å². The molecule has 24 heavy (non-hydrogen) atoms. The number of carbonyl (C=O) groups excluding carboxylic acids is 1. The van der Waals surface area contributed by atoms with Crippen LogP contribution in [0.25, 0.3) is 5.65 Å². The minimum absolute atomic E-state index is 0.0165. The second-order valence-corrected chi connectivity index (χ2v) is 6.84. The molecule has 4 rings (SSSR count). The summed E-state index contributed by atoms with van der Waals surface area (Å²) in [5.41, 5.74) is 0.513. The lowest BCUT2D eigenvalue weighted by atomic mass is 9.76. The van der Waals surface area contributed by atoms with Gasteiger partial charge < -0.3 is 9.64 Å². The van der Waals surface area contributed by atoms with E-state index in [0.29, 0.717) is 6.61 Å². The van der Waals surface area contributed by atoms with Gasteiger partial charge in [0.05, 0.1) is 12.0 Å². The summed E-state index contributed by atoms with van der Waals surface area (Å²) in [5, 5.41) is 0. The monoisotopic (exact) mass is 328 g/mol. The molecule has 0 aromatic carbocycles. The molecule has 6 nitrogen and oxygen atoms in total. The lowest BCUT2D eigenvalue weighted by Gasteiger charge is -2.35. The molecule has 2 atom stereocenters. The van der Waals surface area contributed by atoms with E-state index in [-0.39, 0.29) is 17.4 Å². The Morgan fingerprint density at radius 1 is 1.29 bits per heavy atom. The van der Waals surface area contributed by atoms with Crippen LogP contribution in [-0.2, 0) is 9.53 Å². The molecule has 0 unspecified atom stereocenters. The van der Waals surface area contributed by atoms with Gasteiger partial charge in [-0.1, -0.05) is 19.3 Å². The van der Waals surface area contributed by atoms with Crippen LogP contribution in [0.5, 0.6) is 0 Å². The maximum Gasteiger partial charge on any atom is 0.314 e. The summed E-state index contributed by atoms with van der Waals surface area (Å²) >= 11 is 0. The number of hydrogen-bond donors (Lipinski definition) is 0. The Kier molecular flexibility index (Phi) is 3.90. The van der Waals surface area contributed by atoms with Gasteiger partial charge in [-0.25, -0.2) is 9.97 Å². The number of hydrogen-bond acceptors (Lipinski definition) is 5. The van der Waals surface area contributed by atoms with Gasteiger partial charge >= 0.3 is 5.97 Å². The first kappa shape index (κ1) is 15.4. The Bertz CT molecular complexity index is 743. The summed E-state index contributed by atoms with van der Waals surface area (Å²) in [6, 6.07) is 2.07. The quantitative estimate of drug-likeness (QED) is 0.811. The Balaban J connectivity index is 1.75. The van der Waals surface area contributed by atoms with E-state index in [4.69, 9.17) is 4.74 Å². The predicted molar refractivity (Wildman–Crippen MR) is 90.9 cm³/mol. The largest absolute Gasteiger partial charge is 0.466 e. The maximum atomic E-state index is 12.9. The van der Waals surface area contributed by atoms with E-state index in [1.54, 1.807) is 12.4 Å². The van der Waals surface area contributed by atoms with Gasteiger partial charge in [-0.15, -0.1) is 0 Å². The summed E-state index contributed by atoms with van der Waals surface area (Å²) in [7, 11) is 0. The molecule has 0 spiro atoms. The van der Waals surface area contributed by atoms with Crippen molar-refractivity contribution in [3.8, 4) is 0 Å². The number of carbonyl (C=O) groups is 1. The zero-order valence-corrected chi connectivity index (χ0v) is 14.1. The smallest absolute Gasteiger partial charge is 0.314 e. The molecule has 2 aromatic heterocycles. The summed E-state index contributed by atoms with van der Waals surface area (Å²) in [6.45, 7) is 3.18. The molecule has 0 N–H and O–H groups in total. The van der Waals surface area contributed by atoms with E-state index in [2.05, 4.69) is 14.9 Å². The zero-order valence-electron chi connectivity index (χ0n) is 14.1. The average Bonchev–Trinajstić information content (AvgIpc) is 3.15. The van der Waals surface area contributed by atoms with E-state index < -0.39 is 0 Å². The van der Waals surface area contributed by atoms with Crippen molar-refractivity contribution in [1.29, 1.82) is 0 Å². The molecule has 0 radical (unpaired) electrons. The van der Waals surface area contributed by atoms with E-state index in [9.17, 15) is 4.79 Å². The summed E-state index contributed by atoms with van der Waals surface area (Å²) < 4.78 is 7.51. The molecule has 2 fully saturated rings. The lowest BCUT2D eigenvalue weighted by molar-refractivity contribution is -0.156. The molecule has 3 heterocycles. The number of ether oxygens (including phenoxy) is 1. The summed E-state index contributed by atoms with van der Waals surface area (Å²) in [6.07, 6.45) is 11.8. The van der Waals surface area contributed by atoms with Gasteiger partial charge in [0.2, 0.25) is 5.95 Å². The van der Waals surface area contributed by atoms with Gasteiger partial charge in [-0.3, -0.25) is 9.20 Å². The fraction of sp³-hybridized carbons (Fsp3) is 0.611. The van der Waals surface area contributed by atoms with Crippen molar-refractivity contribution in [2.45, 2.75) is 51.5 Å². The maximum absolute atomic E-state index is 12.9. The standard InChI is InChI=1S/C18H24N4O2/c1-2-24-16(23)18-8-5-3-4-6-14(18)21(12-9-18)17-20-10-7-15-19-11-13-22(15)17/h7,10-11,13-14H,2-6,8-9,12H2,1H3/t14-,18+/m0/s1. The van der Waals surface area contributed by atoms with E-state index in [1.165, 1.54) is 6.42 Å². The van der Waals surface area contributed by atoms with Crippen molar-refractivity contribution in [2.24, 2.45) is 5.41 Å². The van der Waals surface area contributed by atoms with Crippen molar-refractivity contribution in [3.05, 3.63) is 24.7 Å². The highest BCUT2D eigenvalue weighted by Crippen LogP contribution is 2.47. The second-order valence-electron chi connectivity index (χ2n) is 6.84. The van der Waals surface area contributed by atoms with Crippen LogP contribution >= 0.6 is 0 Å². The van der Waals surface area contributed by atoms with Gasteiger partial charge in [-0.05, 0) is 32.3 Å². The first-order chi connectivity index (χ1) is 11.8. The number of esters is 1. The highest BCUT2D eigenvalue weighted by molar-refractivity contribution is 5.79. The van der Waals surface area contributed by atoms with Crippen molar-refractivity contribution >= 4 is 17.6 Å². The van der Waals surface area contributed by atoms with Crippen LogP contribution in [0.4, 0.5) is 5.95 Å². The molecule has 1 saturated heterocycles. The van der Waals surface area contributed by atoms with Crippen LogP contribution in [0.2, 0.25) is 0 Å². The van der Waals surface area contributed by atoms with Gasteiger partial charge in [0.1, 0.15) is 5.65 Å². The molecule has 6 heteroatoms. The van der Waals surface area contributed by atoms with E-state index >= 15 is 0 Å². The fourth-order valence-electron chi connectivity index (χ4n) is 4.53. The highest BCUT2D eigenvalue weighted by atomic mass is 16.5. The number of nitrogens with zero attached hydrogens (tertiary/aromatic N) is 4.